The molecule has 0 aromatic heterocycles. The first-order valence-electron chi connectivity index (χ1n) is 15.0. The number of urea groups is 1. The molecule has 1 aliphatic rings. The number of alkyl halides is 3. The zero-order valence-electron chi connectivity index (χ0n) is 27.7. The van der Waals surface area contributed by atoms with Gasteiger partial charge in [0.15, 0.2) is 0 Å². The van der Waals surface area contributed by atoms with E-state index >= 15 is 0 Å². The van der Waals surface area contributed by atoms with Crippen LogP contribution in [0.2, 0.25) is 0 Å². The Morgan fingerprint density at radius 3 is 1.98 bits per heavy atom. The molecular formula is C31H55F3N6O6. The number of nitrogens with zero attached hydrogens (tertiary/aromatic N) is 1. The van der Waals surface area contributed by atoms with Crippen LogP contribution in [-0.2, 0) is 24.0 Å². The van der Waals surface area contributed by atoms with Gasteiger partial charge in [-0.2, -0.15) is 13.2 Å². The van der Waals surface area contributed by atoms with Crippen LogP contribution in [0.3, 0.4) is 0 Å². The third-order valence-corrected chi connectivity index (χ3v) is 6.07. The molecule has 5 N–H and O–H groups in total. The fourth-order valence-electron chi connectivity index (χ4n) is 4.09. The lowest BCUT2D eigenvalue weighted by Crippen LogP contribution is -2.60. The third kappa shape index (κ3) is 17.7. The summed E-state index contributed by atoms with van der Waals surface area (Å²) in [6, 6.07) is -4.99. The quantitative estimate of drug-likeness (QED) is 0.150. The van der Waals surface area contributed by atoms with Crippen LogP contribution in [0.25, 0.3) is 0 Å². The highest BCUT2D eigenvalue weighted by Crippen LogP contribution is 2.27. The average molecular weight is 665 g/mol. The second-order valence-electron chi connectivity index (χ2n) is 12.8. The summed E-state index contributed by atoms with van der Waals surface area (Å²) in [7, 11) is 0. The van der Waals surface area contributed by atoms with Gasteiger partial charge < -0.3 is 31.5 Å². The van der Waals surface area contributed by atoms with E-state index in [0.717, 1.165) is 5.92 Å². The highest BCUT2D eigenvalue weighted by Gasteiger charge is 2.43. The van der Waals surface area contributed by atoms with E-state index in [1.807, 2.05) is 0 Å². The first kappa shape index (κ1) is 44.5. The van der Waals surface area contributed by atoms with Crippen LogP contribution in [0.4, 0.5) is 18.0 Å². The molecule has 0 aromatic carbocycles. The number of hydrogen-bond donors (Lipinski definition) is 5. The molecule has 15 heteroatoms. The SMILES string of the molecule is C.C=CCNC(=O)C(=O)C(CCC(F)(F)F)NC(=O)[C@@H]1CCCN1C(=O)C(NC(=O)NCC(=O)NC(C)C)C(C)(C)C.CC(C)C. The van der Waals surface area contributed by atoms with Crippen molar-refractivity contribution in [3.05, 3.63) is 12.7 Å². The molecule has 2 unspecified atom stereocenters. The number of amides is 6. The topological polar surface area (TPSA) is 166 Å². The lowest BCUT2D eigenvalue weighted by atomic mass is 9.85. The van der Waals surface area contributed by atoms with Crippen LogP contribution in [0.1, 0.15) is 88.5 Å². The zero-order chi connectivity index (χ0) is 35.1. The molecule has 1 rings (SSSR count). The molecule has 12 nitrogen and oxygen atoms in total. The molecular weight excluding hydrogens is 609 g/mol. The summed E-state index contributed by atoms with van der Waals surface area (Å²) in [6.45, 7) is 18.1. The van der Waals surface area contributed by atoms with Crippen molar-refractivity contribution in [1.82, 2.24) is 31.5 Å². The fourth-order valence-corrected chi connectivity index (χ4v) is 4.09. The maximum absolute atomic E-state index is 13.6. The first-order valence-corrected chi connectivity index (χ1v) is 15.0. The number of halogens is 3. The molecule has 46 heavy (non-hydrogen) atoms. The van der Waals surface area contributed by atoms with Crippen molar-refractivity contribution in [1.29, 1.82) is 0 Å². The van der Waals surface area contributed by atoms with Crippen LogP contribution in [-0.4, -0.2) is 90.3 Å². The van der Waals surface area contributed by atoms with Crippen LogP contribution in [0.5, 0.6) is 0 Å². The van der Waals surface area contributed by atoms with Crippen molar-refractivity contribution >= 4 is 35.4 Å². The van der Waals surface area contributed by atoms with E-state index in [0.29, 0.717) is 6.42 Å². The molecule has 0 saturated carbocycles. The molecule has 1 aliphatic heterocycles. The standard InChI is InChI=1S/C26H41F3N6O6.C4H10.CH4/c1-7-12-30-22(39)19(37)16(10-11-26(27,28)29)33-21(38)17-9-8-13-35(17)23(40)20(25(4,5)6)34-24(41)31-14-18(36)32-15(2)3;1-4(2)3;/h7,15-17,20H,1,8-14H2,2-6H3,(H,30,39)(H,32,36)(H,33,38)(H2,31,34,41);4H,1-3H3;1H4/t16?,17-,20?;;/m0../s1. The lowest BCUT2D eigenvalue weighted by molar-refractivity contribution is -0.147. The number of carbonyl (C=O) groups excluding carboxylic acids is 6. The van der Waals surface area contributed by atoms with Crippen molar-refractivity contribution < 1.29 is 41.9 Å². The van der Waals surface area contributed by atoms with Gasteiger partial charge in [-0.05, 0) is 44.4 Å². The van der Waals surface area contributed by atoms with E-state index in [4.69, 9.17) is 0 Å². The molecule has 0 spiro atoms. The Bertz CT molecular complexity index is 1040. The molecule has 266 valence electrons. The second kappa shape index (κ2) is 20.5. The Morgan fingerprint density at radius 2 is 1.50 bits per heavy atom. The predicted molar refractivity (Wildman–Crippen MR) is 170 cm³/mol. The number of ketones is 1. The predicted octanol–water partition coefficient (Wildman–Crippen LogP) is 3.21. The molecule has 1 heterocycles. The first-order chi connectivity index (χ1) is 20.6. The van der Waals surface area contributed by atoms with E-state index in [9.17, 15) is 41.9 Å². The van der Waals surface area contributed by atoms with E-state index in [-0.39, 0.29) is 39.5 Å². The van der Waals surface area contributed by atoms with Gasteiger partial charge in [0, 0.05) is 25.6 Å². The smallest absolute Gasteiger partial charge is 0.352 e. The zero-order valence-corrected chi connectivity index (χ0v) is 27.7. The van der Waals surface area contributed by atoms with Gasteiger partial charge in [-0.15, -0.1) is 6.58 Å². The van der Waals surface area contributed by atoms with Crippen LogP contribution < -0.4 is 26.6 Å². The van der Waals surface area contributed by atoms with Gasteiger partial charge >= 0.3 is 12.2 Å². The number of Topliss-reactive ketones (excluding diaryl/α,β-unsaturated/α-hetero) is 1. The van der Waals surface area contributed by atoms with Crippen molar-refractivity contribution in [2.24, 2.45) is 11.3 Å². The van der Waals surface area contributed by atoms with Gasteiger partial charge in [0.05, 0.1) is 12.6 Å². The Kier molecular flexibility index (Phi) is 19.8. The number of carbonyl (C=O) groups is 6. The van der Waals surface area contributed by atoms with Gasteiger partial charge in [0.2, 0.25) is 23.5 Å². The van der Waals surface area contributed by atoms with Crippen molar-refractivity contribution in [2.75, 3.05) is 19.6 Å². The molecule has 6 amide bonds. The van der Waals surface area contributed by atoms with Crippen LogP contribution in [0, 0.1) is 11.3 Å². The van der Waals surface area contributed by atoms with Crippen LogP contribution in [0.15, 0.2) is 12.7 Å². The van der Waals surface area contributed by atoms with Gasteiger partial charge in [0.1, 0.15) is 12.1 Å². The Hall–Kier alpha value is -3.65. The molecule has 0 bridgehead atoms. The molecule has 1 saturated heterocycles. The average Bonchev–Trinajstić information content (AvgIpc) is 3.39. The summed E-state index contributed by atoms with van der Waals surface area (Å²) in [4.78, 5) is 77.0. The van der Waals surface area contributed by atoms with Crippen molar-refractivity contribution in [3.63, 3.8) is 0 Å². The maximum atomic E-state index is 13.6. The minimum Gasteiger partial charge on any atom is -0.352 e. The van der Waals surface area contributed by atoms with Crippen molar-refractivity contribution in [3.8, 4) is 0 Å². The number of hydrogen-bond acceptors (Lipinski definition) is 6. The van der Waals surface area contributed by atoms with E-state index < -0.39 is 78.0 Å². The van der Waals surface area contributed by atoms with Crippen LogP contribution >= 0.6 is 0 Å². The van der Waals surface area contributed by atoms with Gasteiger partial charge in [-0.1, -0.05) is 55.0 Å². The van der Waals surface area contributed by atoms with Gasteiger partial charge in [-0.25, -0.2) is 4.79 Å². The van der Waals surface area contributed by atoms with E-state index in [1.165, 1.54) is 11.0 Å². The maximum Gasteiger partial charge on any atom is 0.389 e. The molecule has 0 aromatic rings. The Labute approximate surface area is 271 Å². The summed E-state index contributed by atoms with van der Waals surface area (Å²) < 4.78 is 38.7. The largest absolute Gasteiger partial charge is 0.389 e. The highest BCUT2D eigenvalue weighted by atomic mass is 19.4. The Balaban J connectivity index is 0. The minimum atomic E-state index is -4.64. The monoisotopic (exact) mass is 664 g/mol. The summed E-state index contributed by atoms with van der Waals surface area (Å²) in [6.07, 6.45) is -5.13. The van der Waals surface area contributed by atoms with E-state index in [2.05, 4.69) is 53.9 Å². The number of nitrogens with one attached hydrogen (secondary N) is 5. The molecule has 0 radical (unpaired) electrons. The minimum absolute atomic E-state index is 0. The van der Waals surface area contributed by atoms with Gasteiger partial charge in [0.25, 0.3) is 5.91 Å². The third-order valence-electron chi connectivity index (χ3n) is 6.07. The van der Waals surface area contributed by atoms with Crippen molar-refractivity contribution in [2.45, 2.75) is 119 Å². The lowest BCUT2D eigenvalue weighted by Gasteiger charge is -2.35. The summed E-state index contributed by atoms with van der Waals surface area (Å²) in [5.41, 5.74) is -0.841. The van der Waals surface area contributed by atoms with Gasteiger partial charge in [-0.3, -0.25) is 24.0 Å². The number of rotatable bonds is 13. The summed E-state index contributed by atoms with van der Waals surface area (Å²) in [5, 5.41) is 11.9. The Morgan fingerprint density at radius 1 is 0.935 bits per heavy atom. The second-order valence-corrected chi connectivity index (χ2v) is 12.8. The molecule has 3 atom stereocenters. The highest BCUT2D eigenvalue weighted by molar-refractivity contribution is 6.38. The summed E-state index contributed by atoms with van der Waals surface area (Å²) in [5.74, 6) is -3.55. The molecule has 0 aliphatic carbocycles. The fraction of sp³-hybridized carbons (Fsp3) is 0.742. The number of likely N-dealkylation sites (tertiary alicyclic amines) is 1. The normalized spacial score (nSPS) is 15.8. The summed E-state index contributed by atoms with van der Waals surface area (Å²) >= 11 is 0. The van der Waals surface area contributed by atoms with E-state index in [1.54, 1.807) is 34.6 Å². The molecule has 1 fully saturated rings.